The lowest BCUT2D eigenvalue weighted by Gasteiger charge is -2.14. The van der Waals surface area contributed by atoms with Crippen molar-refractivity contribution in [3.8, 4) is 0 Å². The lowest BCUT2D eigenvalue weighted by Crippen LogP contribution is -2.33. The summed E-state index contributed by atoms with van der Waals surface area (Å²) in [5, 5.41) is 4.30. The van der Waals surface area contributed by atoms with Gasteiger partial charge >= 0.3 is 0 Å². The standard InChI is InChI=1S/C7H12N2O3S/c8-13(11,12)6-3-7(10)9(4-6)5-1-2-5/h5-6H,1-4H2,(H2,8,11,12). The zero-order chi connectivity index (χ0) is 9.64. The minimum Gasteiger partial charge on any atom is -0.338 e. The van der Waals surface area contributed by atoms with Crippen molar-refractivity contribution in [3.63, 3.8) is 0 Å². The van der Waals surface area contributed by atoms with E-state index in [-0.39, 0.29) is 12.3 Å². The van der Waals surface area contributed by atoms with Gasteiger partial charge in [0.1, 0.15) is 5.25 Å². The molecule has 1 amide bonds. The predicted octanol–water partition coefficient (Wildman–Crippen LogP) is -0.962. The number of primary sulfonamides is 1. The van der Waals surface area contributed by atoms with Crippen LogP contribution in [0.4, 0.5) is 0 Å². The molecule has 0 aromatic rings. The molecule has 1 heterocycles. The third-order valence-corrected chi connectivity index (χ3v) is 3.82. The summed E-state index contributed by atoms with van der Waals surface area (Å²) in [4.78, 5) is 13.0. The van der Waals surface area contributed by atoms with Crippen LogP contribution in [0.5, 0.6) is 0 Å². The van der Waals surface area contributed by atoms with Gasteiger partial charge in [-0.2, -0.15) is 0 Å². The highest BCUT2D eigenvalue weighted by Gasteiger charge is 2.42. The fourth-order valence-corrected chi connectivity index (χ4v) is 2.40. The summed E-state index contributed by atoms with van der Waals surface area (Å²) in [5.74, 6) is -0.0680. The summed E-state index contributed by atoms with van der Waals surface area (Å²) < 4.78 is 21.9. The Labute approximate surface area is 76.9 Å². The number of sulfonamides is 1. The van der Waals surface area contributed by atoms with E-state index in [1.807, 2.05) is 0 Å². The highest BCUT2D eigenvalue weighted by molar-refractivity contribution is 7.89. The van der Waals surface area contributed by atoms with Gasteiger partial charge in [0.2, 0.25) is 15.9 Å². The molecule has 1 atom stereocenters. The molecule has 2 aliphatic rings. The minimum atomic E-state index is -3.54. The van der Waals surface area contributed by atoms with Crippen molar-refractivity contribution in [3.05, 3.63) is 0 Å². The summed E-state index contributed by atoms with van der Waals surface area (Å²) in [7, 11) is -3.54. The Morgan fingerprint density at radius 3 is 2.38 bits per heavy atom. The highest BCUT2D eigenvalue weighted by atomic mass is 32.2. The van der Waals surface area contributed by atoms with E-state index < -0.39 is 15.3 Å². The Morgan fingerprint density at radius 2 is 2.00 bits per heavy atom. The zero-order valence-corrected chi connectivity index (χ0v) is 7.96. The maximum atomic E-state index is 11.3. The van der Waals surface area contributed by atoms with E-state index in [1.54, 1.807) is 4.90 Å². The summed E-state index contributed by atoms with van der Waals surface area (Å²) >= 11 is 0. The predicted molar refractivity (Wildman–Crippen MR) is 46.2 cm³/mol. The van der Waals surface area contributed by atoms with Gasteiger partial charge in [-0.1, -0.05) is 0 Å². The first-order chi connectivity index (χ1) is 5.98. The number of rotatable bonds is 2. The average Bonchev–Trinajstić information content (AvgIpc) is 2.73. The Hall–Kier alpha value is -0.620. The molecule has 2 N–H and O–H groups in total. The molecule has 1 saturated heterocycles. The third-order valence-electron chi connectivity index (χ3n) is 2.58. The molecule has 1 aliphatic heterocycles. The number of carbonyl (C=O) groups is 1. The number of nitrogens with two attached hydrogens (primary N) is 1. The molecule has 0 aromatic heterocycles. The van der Waals surface area contributed by atoms with Gasteiger partial charge in [0.05, 0.1) is 0 Å². The van der Waals surface area contributed by atoms with Gasteiger partial charge in [0.25, 0.3) is 0 Å². The molecule has 0 spiro atoms. The Bertz CT molecular complexity index is 334. The van der Waals surface area contributed by atoms with Gasteiger partial charge < -0.3 is 4.90 Å². The number of hydrogen-bond donors (Lipinski definition) is 1. The Morgan fingerprint density at radius 1 is 1.38 bits per heavy atom. The van der Waals surface area contributed by atoms with Gasteiger partial charge in [-0.25, -0.2) is 13.6 Å². The monoisotopic (exact) mass is 204 g/mol. The van der Waals surface area contributed by atoms with Crippen LogP contribution in [0.1, 0.15) is 19.3 Å². The second kappa shape index (κ2) is 2.68. The number of amides is 1. The van der Waals surface area contributed by atoms with E-state index in [4.69, 9.17) is 5.14 Å². The van der Waals surface area contributed by atoms with Crippen molar-refractivity contribution in [1.82, 2.24) is 4.90 Å². The van der Waals surface area contributed by atoms with Crippen LogP contribution in [0.2, 0.25) is 0 Å². The fraction of sp³-hybridized carbons (Fsp3) is 0.857. The third kappa shape index (κ3) is 1.68. The lowest BCUT2D eigenvalue weighted by molar-refractivity contribution is -0.128. The van der Waals surface area contributed by atoms with Gasteiger partial charge in [0.15, 0.2) is 0 Å². The molecule has 1 unspecified atom stereocenters. The van der Waals surface area contributed by atoms with Crippen molar-refractivity contribution in [1.29, 1.82) is 0 Å². The maximum Gasteiger partial charge on any atom is 0.224 e. The van der Waals surface area contributed by atoms with Crippen LogP contribution < -0.4 is 5.14 Å². The quantitative estimate of drug-likeness (QED) is 0.629. The summed E-state index contributed by atoms with van der Waals surface area (Å²) in [6.07, 6.45) is 2.07. The normalized spacial score (nSPS) is 29.8. The van der Waals surface area contributed by atoms with E-state index in [2.05, 4.69) is 0 Å². The van der Waals surface area contributed by atoms with Crippen molar-refractivity contribution in [2.24, 2.45) is 5.14 Å². The molecule has 6 heteroatoms. The van der Waals surface area contributed by atoms with Crippen molar-refractivity contribution in [2.45, 2.75) is 30.6 Å². The van der Waals surface area contributed by atoms with Gasteiger partial charge in [-0.15, -0.1) is 0 Å². The molecule has 0 aromatic carbocycles. The topological polar surface area (TPSA) is 80.5 Å². The molecule has 74 valence electrons. The van der Waals surface area contributed by atoms with E-state index in [9.17, 15) is 13.2 Å². The molecule has 13 heavy (non-hydrogen) atoms. The van der Waals surface area contributed by atoms with Crippen LogP contribution in [-0.4, -0.2) is 37.1 Å². The molecular formula is C7H12N2O3S. The Kier molecular flexibility index (Phi) is 1.85. The van der Waals surface area contributed by atoms with Crippen LogP contribution in [-0.2, 0) is 14.8 Å². The second-order valence-corrected chi connectivity index (χ2v) is 5.54. The van der Waals surface area contributed by atoms with Crippen LogP contribution in [0.25, 0.3) is 0 Å². The first-order valence-electron chi connectivity index (χ1n) is 4.29. The highest BCUT2D eigenvalue weighted by Crippen LogP contribution is 2.31. The van der Waals surface area contributed by atoms with E-state index in [0.717, 1.165) is 12.8 Å². The summed E-state index contributed by atoms with van der Waals surface area (Å²) in [5.41, 5.74) is 0. The summed E-state index contributed by atoms with van der Waals surface area (Å²) in [6.45, 7) is 0.294. The van der Waals surface area contributed by atoms with Crippen molar-refractivity contribution < 1.29 is 13.2 Å². The molecule has 2 fully saturated rings. The second-order valence-electron chi connectivity index (χ2n) is 3.69. The van der Waals surface area contributed by atoms with Crippen molar-refractivity contribution >= 4 is 15.9 Å². The molecule has 0 radical (unpaired) electrons. The number of carbonyl (C=O) groups excluding carboxylic acids is 1. The van der Waals surface area contributed by atoms with Gasteiger partial charge in [-0.05, 0) is 12.8 Å². The van der Waals surface area contributed by atoms with E-state index >= 15 is 0 Å². The molecule has 5 nitrogen and oxygen atoms in total. The van der Waals surface area contributed by atoms with Crippen LogP contribution >= 0.6 is 0 Å². The number of likely N-dealkylation sites (tertiary alicyclic amines) is 1. The van der Waals surface area contributed by atoms with Crippen LogP contribution in [0, 0.1) is 0 Å². The Balaban J connectivity index is 2.10. The largest absolute Gasteiger partial charge is 0.338 e. The molecule has 2 rings (SSSR count). The average molecular weight is 204 g/mol. The SMILES string of the molecule is NS(=O)(=O)C1CC(=O)N(C2CC2)C1. The first-order valence-corrected chi connectivity index (χ1v) is 5.90. The number of nitrogens with zero attached hydrogens (tertiary/aromatic N) is 1. The molecular weight excluding hydrogens is 192 g/mol. The van der Waals surface area contributed by atoms with E-state index in [1.165, 1.54) is 0 Å². The maximum absolute atomic E-state index is 11.3. The molecule has 1 saturated carbocycles. The van der Waals surface area contributed by atoms with Gasteiger partial charge in [0, 0.05) is 19.0 Å². The lowest BCUT2D eigenvalue weighted by atomic mass is 10.4. The van der Waals surface area contributed by atoms with Crippen molar-refractivity contribution in [2.75, 3.05) is 6.54 Å². The smallest absolute Gasteiger partial charge is 0.224 e. The van der Waals surface area contributed by atoms with Crippen LogP contribution in [0.3, 0.4) is 0 Å². The zero-order valence-electron chi connectivity index (χ0n) is 7.14. The van der Waals surface area contributed by atoms with Gasteiger partial charge in [-0.3, -0.25) is 4.79 Å². The summed E-state index contributed by atoms with van der Waals surface area (Å²) in [6, 6.07) is 0.291. The van der Waals surface area contributed by atoms with E-state index in [0.29, 0.717) is 12.6 Å². The minimum absolute atomic E-state index is 0.0648. The number of hydrogen-bond acceptors (Lipinski definition) is 3. The fourth-order valence-electron chi connectivity index (χ4n) is 1.66. The molecule has 1 aliphatic carbocycles. The first kappa shape index (κ1) is 8.96. The van der Waals surface area contributed by atoms with Crippen LogP contribution in [0.15, 0.2) is 0 Å². The molecule has 0 bridgehead atoms.